The first kappa shape index (κ1) is 24.4. The van der Waals surface area contributed by atoms with Crippen LogP contribution in [0.2, 0.25) is 0 Å². The van der Waals surface area contributed by atoms with Gasteiger partial charge in [0.1, 0.15) is 11.2 Å². The number of carbonyl (C=O) groups is 1. The molecule has 0 spiro atoms. The SMILES string of the molecule is CCCCCCCCCCCCCCCC[C@@]1(C)C[C@@](C)(CC(=O)O)OO1. The van der Waals surface area contributed by atoms with Crippen molar-refractivity contribution in [3.8, 4) is 0 Å². The van der Waals surface area contributed by atoms with E-state index < -0.39 is 11.6 Å². The molecule has 1 heterocycles. The molecule has 1 N–H and O–H groups in total. The average Bonchev–Trinajstić information content (AvgIpc) is 2.89. The van der Waals surface area contributed by atoms with Gasteiger partial charge in [-0.15, -0.1) is 0 Å². The smallest absolute Gasteiger partial charge is 0.306 e. The van der Waals surface area contributed by atoms with Crippen LogP contribution in [-0.2, 0) is 14.6 Å². The van der Waals surface area contributed by atoms with Crippen LogP contribution in [0.1, 0.15) is 130 Å². The molecule has 4 nitrogen and oxygen atoms in total. The standard InChI is InChI=1S/C23H44O4/c1-4-5-6-7-8-9-10-11-12-13-14-15-16-17-18-22(2)20-23(3,27-26-22)19-21(24)25/h4-20H2,1-3H3,(H,24,25)/t22-,23+/m0/s1. The molecule has 0 unspecified atom stereocenters. The van der Waals surface area contributed by atoms with Crippen molar-refractivity contribution < 1.29 is 19.7 Å². The number of carboxylic acid groups (broad SMARTS) is 1. The maximum atomic E-state index is 10.9. The maximum Gasteiger partial charge on any atom is 0.306 e. The number of hydrogen-bond donors (Lipinski definition) is 1. The fraction of sp³-hybridized carbons (Fsp3) is 0.957. The van der Waals surface area contributed by atoms with Crippen molar-refractivity contribution in [2.45, 2.75) is 141 Å². The van der Waals surface area contributed by atoms with Crippen molar-refractivity contribution >= 4 is 5.97 Å². The van der Waals surface area contributed by atoms with Crippen LogP contribution in [0.4, 0.5) is 0 Å². The highest BCUT2D eigenvalue weighted by atomic mass is 17.2. The molecule has 0 aromatic rings. The van der Waals surface area contributed by atoms with Crippen LogP contribution in [0.3, 0.4) is 0 Å². The summed E-state index contributed by atoms with van der Waals surface area (Å²) in [6.45, 7) is 6.15. The van der Waals surface area contributed by atoms with E-state index in [9.17, 15) is 4.79 Å². The minimum absolute atomic E-state index is 0.00132. The minimum Gasteiger partial charge on any atom is -0.481 e. The molecular formula is C23H44O4. The average molecular weight is 385 g/mol. The van der Waals surface area contributed by atoms with E-state index in [1.807, 2.05) is 13.8 Å². The Kier molecular flexibility index (Phi) is 12.3. The summed E-state index contributed by atoms with van der Waals surface area (Å²) >= 11 is 0. The van der Waals surface area contributed by atoms with Gasteiger partial charge in [0.25, 0.3) is 0 Å². The van der Waals surface area contributed by atoms with Crippen LogP contribution in [-0.4, -0.2) is 22.3 Å². The molecule has 1 aliphatic rings. The first-order valence-corrected chi connectivity index (χ1v) is 11.5. The molecule has 0 aromatic heterocycles. The summed E-state index contributed by atoms with van der Waals surface area (Å²) in [4.78, 5) is 21.8. The van der Waals surface area contributed by atoms with E-state index in [0.29, 0.717) is 6.42 Å². The van der Waals surface area contributed by atoms with Gasteiger partial charge in [-0.3, -0.25) is 4.79 Å². The molecule has 160 valence electrons. The molecule has 0 saturated carbocycles. The molecule has 27 heavy (non-hydrogen) atoms. The Balaban J connectivity index is 1.91. The van der Waals surface area contributed by atoms with Gasteiger partial charge >= 0.3 is 5.97 Å². The zero-order valence-corrected chi connectivity index (χ0v) is 18.2. The topological polar surface area (TPSA) is 55.8 Å². The lowest BCUT2D eigenvalue weighted by Crippen LogP contribution is -2.30. The lowest BCUT2D eigenvalue weighted by molar-refractivity contribution is -0.345. The third-order valence-corrected chi connectivity index (χ3v) is 5.78. The van der Waals surface area contributed by atoms with Gasteiger partial charge in [0, 0.05) is 6.42 Å². The van der Waals surface area contributed by atoms with Gasteiger partial charge in [0.15, 0.2) is 0 Å². The fourth-order valence-electron chi connectivity index (χ4n) is 4.29. The third-order valence-electron chi connectivity index (χ3n) is 5.78. The Morgan fingerprint density at radius 1 is 0.741 bits per heavy atom. The largest absolute Gasteiger partial charge is 0.481 e. The first-order chi connectivity index (χ1) is 12.9. The van der Waals surface area contributed by atoms with Crippen molar-refractivity contribution in [3.05, 3.63) is 0 Å². The van der Waals surface area contributed by atoms with Gasteiger partial charge in [-0.05, 0) is 20.3 Å². The Bertz CT molecular complexity index is 398. The molecule has 4 heteroatoms. The number of carboxylic acids is 1. The molecule has 0 radical (unpaired) electrons. The van der Waals surface area contributed by atoms with Crippen LogP contribution < -0.4 is 0 Å². The summed E-state index contributed by atoms with van der Waals surface area (Å²) in [6.07, 6.45) is 20.6. The van der Waals surface area contributed by atoms with Crippen molar-refractivity contribution in [1.82, 2.24) is 0 Å². The Labute approximate surface area is 167 Å². The Hall–Kier alpha value is -0.610. The van der Waals surface area contributed by atoms with Crippen molar-refractivity contribution in [2.75, 3.05) is 0 Å². The third kappa shape index (κ3) is 11.7. The van der Waals surface area contributed by atoms with Gasteiger partial charge in [-0.25, -0.2) is 9.78 Å². The molecule has 0 aliphatic carbocycles. The number of hydrogen-bond acceptors (Lipinski definition) is 3. The Morgan fingerprint density at radius 2 is 1.15 bits per heavy atom. The van der Waals surface area contributed by atoms with E-state index in [1.165, 1.54) is 83.5 Å². The predicted octanol–water partition coefficient (Wildman–Crippen LogP) is 7.20. The second kappa shape index (κ2) is 13.5. The van der Waals surface area contributed by atoms with Crippen LogP contribution in [0.25, 0.3) is 0 Å². The van der Waals surface area contributed by atoms with Crippen molar-refractivity contribution in [1.29, 1.82) is 0 Å². The van der Waals surface area contributed by atoms with Gasteiger partial charge in [0.2, 0.25) is 0 Å². The van der Waals surface area contributed by atoms with Crippen LogP contribution in [0.5, 0.6) is 0 Å². The van der Waals surface area contributed by atoms with Gasteiger partial charge in [0.05, 0.1) is 6.42 Å². The van der Waals surface area contributed by atoms with E-state index in [1.54, 1.807) is 0 Å². The summed E-state index contributed by atoms with van der Waals surface area (Å²) in [5, 5.41) is 8.98. The monoisotopic (exact) mass is 384 g/mol. The number of aliphatic carboxylic acids is 1. The molecule has 0 amide bonds. The minimum atomic E-state index is -0.832. The molecule has 0 bridgehead atoms. The molecule has 1 fully saturated rings. The van der Waals surface area contributed by atoms with Crippen LogP contribution >= 0.6 is 0 Å². The highest BCUT2D eigenvalue weighted by Gasteiger charge is 2.47. The van der Waals surface area contributed by atoms with E-state index in [-0.39, 0.29) is 12.0 Å². The molecule has 2 atom stereocenters. The van der Waals surface area contributed by atoms with E-state index in [0.717, 1.165) is 12.8 Å². The maximum absolute atomic E-state index is 10.9. The lowest BCUT2D eigenvalue weighted by Gasteiger charge is -2.21. The second-order valence-corrected chi connectivity index (χ2v) is 9.16. The Morgan fingerprint density at radius 3 is 1.59 bits per heavy atom. The van der Waals surface area contributed by atoms with Crippen LogP contribution in [0, 0.1) is 0 Å². The van der Waals surface area contributed by atoms with Crippen molar-refractivity contribution in [2.24, 2.45) is 0 Å². The van der Waals surface area contributed by atoms with Gasteiger partial charge < -0.3 is 5.11 Å². The highest BCUT2D eigenvalue weighted by molar-refractivity contribution is 5.68. The summed E-state index contributed by atoms with van der Waals surface area (Å²) in [5.41, 5.74) is -1.02. The van der Waals surface area contributed by atoms with Gasteiger partial charge in [-0.1, -0.05) is 96.8 Å². The molecular weight excluding hydrogens is 340 g/mol. The fourth-order valence-corrected chi connectivity index (χ4v) is 4.29. The van der Waals surface area contributed by atoms with E-state index in [4.69, 9.17) is 14.9 Å². The summed E-state index contributed by atoms with van der Waals surface area (Å²) in [5.74, 6) is -0.832. The predicted molar refractivity (Wildman–Crippen MR) is 111 cm³/mol. The van der Waals surface area contributed by atoms with Gasteiger partial charge in [-0.2, -0.15) is 0 Å². The highest BCUT2D eigenvalue weighted by Crippen LogP contribution is 2.40. The lowest BCUT2D eigenvalue weighted by atomic mass is 9.85. The normalized spacial score (nSPS) is 25.1. The number of unbranched alkanes of at least 4 members (excludes halogenated alkanes) is 13. The van der Waals surface area contributed by atoms with Crippen molar-refractivity contribution in [3.63, 3.8) is 0 Å². The zero-order chi connectivity index (χ0) is 20.0. The van der Waals surface area contributed by atoms with Crippen LogP contribution in [0.15, 0.2) is 0 Å². The number of rotatable bonds is 17. The van der Waals surface area contributed by atoms with E-state index >= 15 is 0 Å². The molecule has 1 aliphatic heterocycles. The molecule has 0 aromatic carbocycles. The molecule has 1 saturated heterocycles. The first-order valence-electron chi connectivity index (χ1n) is 11.5. The van der Waals surface area contributed by atoms with E-state index in [2.05, 4.69) is 6.92 Å². The molecule has 1 rings (SSSR count). The zero-order valence-electron chi connectivity index (χ0n) is 18.2. The quantitative estimate of drug-likeness (QED) is 0.213. The second-order valence-electron chi connectivity index (χ2n) is 9.16. The summed E-state index contributed by atoms with van der Waals surface area (Å²) < 4.78 is 0. The summed E-state index contributed by atoms with van der Waals surface area (Å²) in [6, 6.07) is 0. The summed E-state index contributed by atoms with van der Waals surface area (Å²) in [7, 11) is 0.